The van der Waals surface area contributed by atoms with E-state index in [-0.39, 0.29) is 17.9 Å². The largest absolute Gasteiger partial charge is 0.492 e. The van der Waals surface area contributed by atoms with Gasteiger partial charge in [-0.15, -0.1) is 0 Å². The molecule has 0 spiro atoms. The number of hydrogen-bond acceptors (Lipinski definition) is 3. The third-order valence-corrected chi connectivity index (χ3v) is 3.15. The second-order valence-corrected chi connectivity index (χ2v) is 4.81. The van der Waals surface area contributed by atoms with Crippen molar-refractivity contribution < 1.29 is 9.53 Å². The predicted octanol–water partition coefficient (Wildman–Crippen LogP) is 1.41. The third-order valence-electron chi connectivity index (χ3n) is 3.15. The standard InChI is InChI=1S/C14H20N2O2/c1-10(15)5-4-8-16-14(17)12-9-18-13-7-3-2-6-11(12)13/h2-3,6-7,10,12H,4-5,8-9,15H2,1H3,(H,16,17). The Hall–Kier alpha value is -1.55. The van der Waals surface area contributed by atoms with Crippen molar-refractivity contribution in [2.75, 3.05) is 13.2 Å². The van der Waals surface area contributed by atoms with Crippen LogP contribution in [0.4, 0.5) is 0 Å². The summed E-state index contributed by atoms with van der Waals surface area (Å²) in [7, 11) is 0. The summed E-state index contributed by atoms with van der Waals surface area (Å²) in [4.78, 5) is 12.0. The number of hydrogen-bond donors (Lipinski definition) is 2. The van der Waals surface area contributed by atoms with Gasteiger partial charge in [0.2, 0.25) is 5.91 Å². The Bertz CT molecular complexity index is 418. The fourth-order valence-corrected chi connectivity index (χ4v) is 2.14. The summed E-state index contributed by atoms with van der Waals surface area (Å²) in [6.45, 7) is 3.10. The molecule has 1 aliphatic heterocycles. The minimum atomic E-state index is -0.170. The number of nitrogens with two attached hydrogens (primary N) is 1. The molecule has 0 aliphatic carbocycles. The van der Waals surface area contributed by atoms with E-state index in [0.29, 0.717) is 13.2 Å². The molecule has 98 valence electrons. The van der Waals surface area contributed by atoms with Crippen molar-refractivity contribution in [3.05, 3.63) is 29.8 Å². The van der Waals surface area contributed by atoms with E-state index in [0.717, 1.165) is 24.2 Å². The zero-order valence-electron chi connectivity index (χ0n) is 10.7. The van der Waals surface area contributed by atoms with E-state index in [2.05, 4.69) is 5.32 Å². The first kappa shape index (κ1) is 12.9. The maximum Gasteiger partial charge on any atom is 0.231 e. The number of fused-ring (bicyclic) bond motifs is 1. The molecular formula is C14H20N2O2. The quantitative estimate of drug-likeness (QED) is 0.774. The number of benzene rings is 1. The monoisotopic (exact) mass is 248 g/mol. The molecule has 0 aromatic heterocycles. The lowest BCUT2D eigenvalue weighted by Gasteiger charge is -2.10. The van der Waals surface area contributed by atoms with Gasteiger partial charge in [0.15, 0.2) is 0 Å². The molecule has 1 heterocycles. The minimum Gasteiger partial charge on any atom is -0.492 e. The Labute approximate surface area is 108 Å². The number of para-hydroxylation sites is 1. The average molecular weight is 248 g/mol. The predicted molar refractivity (Wildman–Crippen MR) is 70.6 cm³/mol. The first-order valence-corrected chi connectivity index (χ1v) is 6.43. The molecule has 0 bridgehead atoms. The average Bonchev–Trinajstić information content (AvgIpc) is 2.78. The molecule has 4 nitrogen and oxygen atoms in total. The van der Waals surface area contributed by atoms with Crippen molar-refractivity contribution in [3.63, 3.8) is 0 Å². The fourth-order valence-electron chi connectivity index (χ4n) is 2.14. The van der Waals surface area contributed by atoms with Crippen LogP contribution in [0.3, 0.4) is 0 Å². The summed E-state index contributed by atoms with van der Waals surface area (Å²) in [5, 5.41) is 2.95. The van der Waals surface area contributed by atoms with E-state index in [1.165, 1.54) is 0 Å². The van der Waals surface area contributed by atoms with Gasteiger partial charge >= 0.3 is 0 Å². The van der Waals surface area contributed by atoms with Gasteiger partial charge in [0.05, 0.1) is 0 Å². The van der Waals surface area contributed by atoms with Crippen molar-refractivity contribution in [2.24, 2.45) is 5.73 Å². The molecule has 4 heteroatoms. The highest BCUT2D eigenvalue weighted by molar-refractivity contribution is 5.85. The summed E-state index contributed by atoms with van der Waals surface area (Å²) in [5.74, 6) is 0.703. The Balaban J connectivity index is 1.84. The molecular weight excluding hydrogens is 228 g/mol. The lowest BCUT2D eigenvalue weighted by atomic mass is 10.0. The second kappa shape index (κ2) is 5.87. The van der Waals surface area contributed by atoms with Gasteiger partial charge in [0.25, 0.3) is 0 Å². The number of amides is 1. The van der Waals surface area contributed by atoms with Gasteiger partial charge < -0.3 is 15.8 Å². The van der Waals surface area contributed by atoms with Gasteiger partial charge in [0.1, 0.15) is 18.3 Å². The zero-order valence-corrected chi connectivity index (χ0v) is 10.7. The number of ether oxygens (including phenoxy) is 1. The van der Waals surface area contributed by atoms with E-state index >= 15 is 0 Å². The van der Waals surface area contributed by atoms with Crippen LogP contribution in [0.15, 0.2) is 24.3 Å². The molecule has 18 heavy (non-hydrogen) atoms. The Morgan fingerprint density at radius 1 is 1.56 bits per heavy atom. The van der Waals surface area contributed by atoms with Crippen LogP contribution in [0.25, 0.3) is 0 Å². The van der Waals surface area contributed by atoms with Gasteiger partial charge in [-0.1, -0.05) is 18.2 Å². The van der Waals surface area contributed by atoms with Crippen LogP contribution in [-0.4, -0.2) is 25.1 Å². The molecule has 1 aromatic carbocycles. The van der Waals surface area contributed by atoms with Gasteiger partial charge in [0, 0.05) is 18.2 Å². The van der Waals surface area contributed by atoms with Crippen LogP contribution >= 0.6 is 0 Å². The van der Waals surface area contributed by atoms with Gasteiger partial charge in [-0.3, -0.25) is 4.79 Å². The van der Waals surface area contributed by atoms with Gasteiger partial charge in [-0.2, -0.15) is 0 Å². The molecule has 0 saturated carbocycles. The first-order chi connectivity index (χ1) is 8.68. The van der Waals surface area contributed by atoms with Crippen LogP contribution in [0.2, 0.25) is 0 Å². The summed E-state index contributed by atoms with van der Waals surface area (Å²) in [6, 6.07) is 7.90. The van der Waals surface area contributed by atoms with E-state index < -0.39 is 0 Å². The SMILES string of the molecule is CC(N)CCCNC(=O)C1COc2ccccc21. The topological polar surface area (TPSA) is 64.3 Å². The first-order valence-electron chi connectivity index (χ1n) is 6.43. The summed E-state index contributed by atoms with van der Waals surface area (Å²) in [5.41, 5.74) is 6.65. The number of carbonyl (C=O) groups is 1. The van der Waals surface area contributed by atoms with Crippen LogP contribution < -0.4 is 15.8 Å². The van der Waals surface area contributed by atoms with Crippen molar-refractivity contribution in [2.45, 2.75) is 31.7 Å². The Morgan fingerprint density at radius 2 is 2.33 bits per heavy atom. The lowest BCUT2D eigenvalue weighted by Crippen LogP contribution is -2.31. The highest BCUT2D eigenvalue weighted by Crippen LogP contribution is 2.33. The van der Waals surface area contributed by atoms with Crippen LogP contribution in [0.1, 0.15) is 31.2 Å². The maximum atomic E-state index is 12.0. The van der Waals surface area contributed by atoms with Gasteiger partial charge in [-0.05, 0) is 25.8 Å². The highest BCUT2D eigenvalue weighted by atomic mass is 16.5. The normalized spacial score (nSPS) is 18.9. The summed E-state index contributed by atoms with van der Waals surface area (Å²) in [6.07, 6.45) is 1.84. The number of nitrogens with one attached hydrogen (secondary N) is 1. The molecule has 1 aromatic rings. The molecule has 1 amide bonds. The Kier molecular flexibility index (Phi) is 4.20. The molecule has 2 rings (SSSR count). The van der Waals surface area contributed by atoms with Crippen molar-refractivity contribution in [1.29, 1.82) is 0 Å². The molecule has 1 aliphatic rings. The Morgan fingerprint density at radius 3 is 3.11 bits per heavy atom. The number of carbonyl (C=O) groups excluding carboxylic acids is 1. The molecule has 0 saturated heterocycles. The van der Waals surface area contributed by atoms with Crippen molar-refractivity contribution >= 4 is 5.91 Å². The molecule has 3 N–H and O–H groups in total. The molecule has 2 unspecified atom stereocenters. The molecule has 0 radical (unpaired) electrons. The zero-order chi connectivity index (χ0) is 13.0. The van der Waals surface area contributed by atoms with Crippen LogP contribution in [0.5, 0.6) is 5.75 Å². The van der Waals surface area contributed by atoms with Crippen LogP contribution in [-0.2, 0) is 4.79 Å². The van der Waals surface area contributed by atoms with E-state index in [1.54, 1.807) is 0 Å². The second-order valence-electron chi connectivity index (χ2n) is 4.81. The fraction of sp³-hybridized carbons (Fsp3) is 0.500. The summed E-state index contributed by atoms with van der Waals surface area (Å²) >= 11 is 0. The van der Waals surface area contributed by atoms with E-state index in [9.17, 15) is 4.79 Å². The summed E-state index contributed by atoms with van der Waals surface area (Å²) < 4.78 is 5.50. The number of rotatable bonds is 5. The minimum absolute atomic E-state index is 0.0459. The smallest absolute Gasteiger partial charge is 0.231 e. The lowest BCUT2D eigenvalue weighted by molar-refractivity contribution is -0.122. The third kappa shape index (κ3) is 3.01. The van der Waals surface area contributed by atoms with E-state index in [4.69, 9.17) is 10.5 Å². The van der Waals surface area contributed by atoms with Crippen LogP contribution in [0, 0.1) is 0 Å². The van der Waals surface area contributed by atoms with Crippen molar-refractivity contribution in [1.82, 2.24) is 5.32 Å². The molecule has 0 fully saturated rings. The molecule has 2 atom stereocenters. The van der Waals surface area contributed by atoms with E-state index in [1.807, 2.05) is 31.2 Å². The van der Waals surface area contributed by atoms with Crippen molar-refractivity contribution in [3.8, 4) is 5.75 Å². The highest BCUT2D eigenvalue weighted by Gasteiger charge is 2.29. The maximum absolute atomic E-state index is 12.0. The van der Waals surface area contributed by atoms with Gasteiger partial charge in [-0.25, -0.2) is 0 Å².